The quantitative estimate of drug-likeness (QED) is 0.648. The first-order valence-electron chi connectivity index (χ1n) is 6.75. The van der Waals surface area contributed by atoms with E-state index in [2.05, 4.69) is 5.32 Å². The van der Waals surface area contributed by atoms with E-state index in [1.165, 1.54) is 18.6 Å². The van der Waals surface area contributed by atoms with Crippen molar-refractivity contribution in [3.05, 3.63) is 33.9 Å². The van der Waals surface area contributed by atoms with Gasteiger partial charge in [0.1, 0.15) is 6.07 Å². The highest BCUT2D eigenvalue weighted by molar-refractivity contribution is 5.61. The van der Waals surface area contributed by atoms with Crippen molar-refractivity contribution in [3.8, 4) is 6.07 Å². The molecule has 3 N–H and O–H groups in total. The lowest BCUT2D eigenvalue weighted by Crippen LogP contribution is -2.47. The van der Waals surface area contributed by atoms with Crippen LogP contribution in [0.1, 0.15) is 37.7 Å². The molecule has 6 heteroatoms. The van der Waals surface area contributed by atoms with Crippen LogP contribution < -0.4 is 11.1 Å². The van der Waals surface area contributed by atoms with Crippen LogP contribution in [0.5, 0.6) is 0 Å². The van der Waals surface area contributed by atoms with E-state index in [1.807, 2.05) is 6.07 Å². The number of anilines is 1. The SMILES string of the molecule is N#Cc1cc([N+](=O)[O-])ccc1NCC1(N)CCCCC1. The molecule has 0 atom stereocenters. The Labute approximate surface area is 117 Å². The summed E-state index contributed by atoms with van der Waals surface area (Å²) < 4.78 is 0. The molecule has 2 rings (SSSR count). The lowest BCUT2D eigenvalue weighted by atomic mass is 9.82. The number of nitro groups is 1. The van der Waals surface area contributed by atoms with Gasteiger partial charge >= 0.3 is 0 Å². The third-order valence-corrected chi connectivity index (χ3v) is 3.81. The highest BCUT2D eigenvalue weighted by Gasteiger charge is 2.27. The van der Waals surface area contributed by atoms with Crippen LogP contribution in [-0.2, 0) is 0 Å². The predicted molar refractivity (Wildman–Crippen MR) is 76.3 cm³/mol. The van der Waals surface area contributed by atoms with Gasteiger partial charge in [-0.25, -0.2) is 0 Å². The van der Waals surface area contributed by atoms with Crippen LogP contribution in [0.25, 0.3) is 0 Å². The molecule has 0 bridgehead atoms. The molecule has 1 aromatic carbocycles. The number of rotatable bonds is 4. The molecule has 20 heavy (non-hydrogen) atoms. The fourth-order valence-corrected chi connectivity index (χ4v) is 2.60. The number of nitrogens with two attached hydrogens (primary N) is 1. The minimum atomic E-state index is -0.504. The standard InChI is InChI=1S/C14H18N4O2/c15-9-11-8-12(18(19)20)4-5-13(11)17-10-14(16)6-2-1-3-7-14/h4-5,8,17H,1-3,6-7,10,16H2. The summed E-state index contributed by atoms with van der Waals surface area (Å²) in [6, 6.07) is 6.24. The fraction of sp³-hybridized carbons (Fsp3) is 0.500. The zero-order valence-corrected chi connectivity index (χ0v) is 11.3. The molecule has 1 saturated carbocycles. The normalized spacial score (nSPS) is 17.2. The van der Waals surface area contributed by atoms with E-state index in [9.17, 15) is 10.1 Å². The number of benzene rings is 1. The molecule has 1 aromatic rings. The summed E-state index contributed by atoms with van der Waals surface area (Å²) in [6.07, 6.45) is 5.41. The van der Waals surface area contributed by atoms with Crippen molar-refractivity contribution < 1.29 is 4.92 Å². The summed E-state index contributed by atoms with van der Waals surface area (Å²) >= 11 is 0. The number of hydrogen-bond acceptors (Lipinski definition) is 5. The summed E-state index contributed by atoms with van der Waals surface area (Å²) in [5, 5.41) is 22.9. The summed E-state index contributed by atoms with van der Waals surface area (Å²) in [5.41, 5.74) is 6.88. The van der Waals surface area contributed by atoms with Crippen molar-refractivity contribution in [1.29, 1.82) is 5.26 Å². The van der Waals surface area contributed by atoms with E-state index >= 15 is 0 Å². The first-order chi connectivity index (χ1) is 9.54. The predicted octanol–water partition coefficient (Wildman–Crippen LogP) is 2.54. The smallest absolute Gasteiger partial charge is 0.270 e. The van der Waals surface area contributed by atoms with Gasteiger partial charge in [-0.3, -0.25) is 10.1 Å². The highest BCUT2D eigenvalue weighted by Crippen LogP contribution is 2.27. The lowest BCUT2D eigenvalue weighted by Gasteiger charge is -2.33. The molecule has 0 amide bonds. The van der Waals surface area contributed by atoms with Crippen molar-refractivity contribution >= 4 is 11.4 Å². The summed E-state index contributed by atoms with van der Waals surface area (Å²) in [7, 11) is 0. The molecule has 0 unspecified atom stereocenters. The molecule has 0 spiro atoms. The topological polar surface area (TPSA) is 105 Å². The third kappa shape index (κ3) is 3.25. The van der Waals surface area contributed by atoms with Gasteiger partial charge in [0.15, 0.2) is 0 Å². The van der Waals surface area contributed by atoms with Gasteiger partial charge in [-0.1, -0.05) is 19.3 Å². The number of nitrogens with one attached hydrogen (secondary N) is 1. The van der Waals surface area contributed by atoms with Crippen molar-refractivity contribution in [2.75, 3.05) is 11.9 Å². The Hall–Kier alpha value is -2.13. The Kier molecular flexibility index (Phi) is 4.20. The van der Waals surface area contributed by atoms with Gasteiger partial charge in [0.2, 0.25) is 0 Å². The largest absolute Gasteiger partial charge is 0.382 e. The molecule has 0 saturated heterocycles. The van der Waals surface area contributed by atoms with Crippen LogP contribution >= 0.6 is 0 Å². The van der Waals surface area contributed by atoms with Crippen LogP contribution in [0.15, 0.2) is 18.2 Å². The van der Waals surface area contributed by atoms with Gasteiger partial charge in [-0.2, -0.15) is 5.26 Å². The summed E-state index contributed by atoms with van der Waals surface area (Å²) in [5.74, 6) is 0. The second-order valence-electron chi connectivity index (χ2n) is 5.38. The van der Waals surface area contributed by atoms with Gasteiger partial charge in [0, 0.05) is 24.2 Å². The number of nitriles is 1. The van der Waals surface area contributed by atoms with E-state index in [4.69, 9.17) is 11.0 Å². The maximum Gasteiger partial charge on any atom is 0.270 e. The zero-order chi connectivity index (χ0) is 14.6. The highest BCUT2D eigenvalue weighted by atomic mass is 16.6. The van der Waals surface area contributed by atoms with E-state index in [-0.39, 0.29) is 16.8 Å². The van der Waals surface area contributed by atoms with E-state index in [0.717, 1.165) is 25.7 Å². The van der Waals surface area contributed by atoms with Gasteiger partial charge in [0.05, 0.1) is 16.2 Å². The number of non-ortho nitro benzene ring substituents is 1. The maximum atomic E-state index is 10.7. The van der Waals surface area contributed by atoms with E-state index < -0.39 is 4.92 Å². The Balaban J connectivity index is 2.09. The zero-order valence-electron chi connectivity index (χ0n) is 11.3. The maximum absolute atomic E-state index is 10.7. The van der Waals surface area contributed by atoms with E-state index in [1.54, 1.807) is 6.07 Å². The Bertz CT molecular complexity index is 545. The van der Waals surface area contributed by atoms with Crippen LogP contribution in [-0.4, -0.2) is 17.0 Å². The van der Waals surface area contributed by atoms with Crippen molar-refractivity contribution in [1.82, 2.24) is 0 Å². The molecule has 0 radical (unpaired) electrons. The van der Waals surface area contributed by atoms with Crippen LogP contribution in [0.2, 0.25) is 0 Å². The van der Waals surface area contributed by atoms with Crippen molar-refractivity contribution in [2.24, 2.45) is 5.73 Å². The number of hydrogen-bond donors (Lipinski definition) is 2. The molecular formula is C14H18N4O2. The first-order valence-corrected chi connectivity index (χ1v) is 6.75. The van der Waals surface area contributed by atoms with Gasteiger partial charge in [-0.15, -0.1) is 0 Å². The molecule has 1 fully saturated rings. The third-order valence-electron chi connectivity index (χ3n) is 3.81. The second kappa shape index (κ2) is 5.88. The van der Waals surface area contributed by atoms with Crippen molar-refractivity contribution in [3.63, 3.8) is 0 Å². The van der Waals surface area contributed by atoms with E-state index in [0.29, 0.717) is 12.2 Å². The number of nitro benzene ring substituents is 1. The molecule has 1 aliphatic carbocycles. The molecule has 0 aliphatic heterocycles. The minimum Gasteiger partial charge on any atom is -0.382 e. The molecule has 106 valence electrons. The van der Waals surface area contributed by atoms with Gasteiger partial charge in [-0.05, 0) is 18.9 Å². The Morgan fingerprint density at radius 2 is 2.10 bits per heavy atom. The molecule has 1 aliphatic rings. The average Bonchev–Trinajstić information content (AvgIpc) is 2.45. The lowest BCUT2D eigenvalue weighted by molar-refractivity contribution is -0.384. The van der Waals surface area contributed by atoms with Crippen molar-refractivity contribution in [2.45, 2.75) is 37.6 Å². The second-order valence-corrected chi connectivity index (χ2v) is 5.38. The molecule has 6 nitrogen and oxygen atoms in total. The summed E-state index contributed by atoms with van der Waals surface area (Å²) in [6.45, 7) is 0.583. The van der Waals surface area contributed by atoms with Crippen LogP contribution in [0, 0.1) is 21.4 Å². The fourth-order valence-electron chi connectivity index (χ4n) is 2.60. The Morgan fingerprint density at radius 3 is 2.70 bits per heavy atom. The minimum absolute atomic E-state index is 0.0766. The molecule has 0 heterocycles. The molecular weight excluding hydrogens is 256 g/mol. The molecule has 0 aromatic heterocycles. The summed E-state index contributed by atoms with van der Waals surface area (Å²) in [4.78, 5) is 10.2. The van der Waals surface area contributed by atoms with Crippen LogP contribution in [0.3, 0.4) is 0 Å². The first kappa shape index (κ1) is 14.3. The van der Waals surface area contributed by atoms with Crippen LogP contribution in [0.4, 0.5) is 11.4 Å². The van der Waals surface area contributed by atoms with Gasteiger partial charge < -0.3 is 11.1 Å². The van der Waals surface area contributed by atoms with Gasteiger partial charge in [0.25, 0.3) is 5.69 Å². The monoisotopic (exact) mass is 274 g/mol. The number of nitrogens with zero attached hydrogens (tertiary/aromatic N) is 2. The Morgan fingerprint density at radius 1 is 1.40 bits per heavy atom. The average molecular weight is 274 g/mol.